The molecule has 0 atom stereocenters. The molecule has 2 aliphatic rings. The fourth-order valence-corrected chi connectivity index (χ4v) is 5.33. The first-order valence-corrected chi connectivity index (χ1v) is 13.9. The zero-order chi connectivity index (χ0) is 29.4. The predicted octanol–water partition coefficient (Wildman–Crippen LogP) is 5.17. The largest absolute Gasteiger partial charge is 0.490 e. The van der Waals surface area contributed by atoms with Crippen molar-refractivity contribution in [2.24, 2.45) is 5.92 Å². The summed E-state index contributed by atoms with van der Waals surface area (Å²) in [6.45, 7) is 5.23. The van der Waals surface area contributed by atoms with Gasteiger partial charge in [0.1, 0.15) is 6.54 Å². The first kappa shape index (κ1) is 30.1. The Morgan fingerprint density at radius 1 is 0.927 bits per heavy atom. The number of hydrogen-bond acceptors (Lipinski definition) is 4. The summed E-state index contributed by atoms with van der Waals surface area (Å²) in [7, 11) is 0. The summed E-state index contributed by atoms with van der Waals surface area (Å²) in [6.07, 6.45) is 2.87. The Balaban J connectivity index is 0.000000493. The van der Waals surface area contributed by atoms with Crippen LogP contribution in [0.3, 0.4) is 0 Å². The van der Waals surface area contributed by atoms with Crippen LogP contribution < -0.4 is 4.90 Å². The van der Waals surface area contributed by atoms with Gasteiger partial charge >= 0.3 is 12.1 Å². The molecule has 1 aromatic heterocycles. The van der Waals surface area contributed by atoms with E-state index in [2.05, 4.69) is 9.88 Å². The third kappa shape index (κ3) is 8.32. The maximum Gasteiger partial charge on any atom is 0.490 e. The lowest BCUT2D eigenvalue weighted by atomic mass is 9.95. The van der Waals surface area contributed by atoms with E-state index in [1.54, 1.807) is 4.90 Å². The highest BCUT2D eigenvalue weighted by Gasteiger charge is 2.38. The number of piperidine rings is 2. The van der Waals surface area contributed by atoms with E-state index in [0.717, 1.165) is 49.1 Å². The van der Waals surface area contributed by atoms with Crippen molar-refractivity contribution in [1.29, 1.82) is 0 Å². The Labute approximate surface area is 236 Å². The Bertz CT molecular complexity index is 1310. The highest BCUT2D eigenvalue weighted by Crippen LogP contribution is 2.23. The fourth-order valence-electron chi connectivity index (χ4n) is 5.33. The number of aromatic nitrogens is 1. The molecular formula is C30H35F3N4O4. The summed E-state index contributed by atoms with van der Waals surface area (Å²) < 4.78 is 31.7. The molecule has 0 spiro atoms. The number of carbonyl (C=O) groups excluding carboxylic acids is 2. The topological polar surface area (TPSA) is 97.0 Å². The van der Waals surface area contributed by atoms with Crippen LogP contribution in [0.15, 0.2) is 60.8 Å². The van der Waals surface area contributed by atoms with Crippen LogP contribution in [0.25, 0.3) is 10.9 Å². The van der Waals surface area contributed by atoms with Crippen molar-refractivity contribution in [2.75, 3.05) is 44.2 Å². The monoisotopic (exact) mass is 572 g/mol. The number of aromatic amines is 1. The number of nitrogens with zero attached hydrogens (tertiary/aromatic N) is 3. The Morgan fingerprint density at radius 3 is 2.22 bits per heavy atom. The van der Waals surface area contributed by atoms with Gasteiger partial charge < -0.3 is 19.9 Å². The van der Waals surface area contributed by atoms with Crippen molar-refractivity contribution in [3.05, 3.63) is 66.4 Å². The van der Waals surface area contributed by atoms with Crippen molar-refractivity contribution < 1.29 is 32.7 Å². The number of hydrogen-bond donors (Lipinski definition) is 2. The van der Waals surface area contributed by atoms with Gasteiger partial charge in [0.15, 0.2) is 0 Å². The normalized spacial score (nSPS) is 16.6. The summed E-state index contributed by atoms with van der Waals surface area (Å²) in [5, 5.41) is 8.19. The lowest BCUT2D eigenvalue weighted by Gasteiger charge is -2.36. The molecule has 0 radical (unpaired) electrons. The number of carboxylic acid groups (broad SMARTS) is 1. The summed E-state index contributed by atoms with van der Waals surface area (Å²) in [6, 6.07) is 17.1. The highest BCUT2D eigenvalue weighted by atomic mass is 19.4. The number of para-hydroxylation sites is 1. The van der Waals surface area contributed by atoms with Crippen LogP contribution in [-0.4, -0.2) is 83.1 Å². The van der Waals surface area contributed by atoms with Crippen LogP contribution in [-0.2, 0) is 9.59 Å². The maximum atomic E-state index is 13.5. The van der Waals surface area contributed by atoms with E-state index in [9.17, 15) is 22.8 Å². The van der Waals surface area contributed by atoms with Crippen molar-refractivity contribution in [3.63, 3.8) is 0 Å². The third-order valence-electron chi connectivity index (χ3n) is 7.58. The average molecular weight is 573 g/mol. The minimum Gasteiger partial charge on any atom is -0.475 e. The zero-order valence-corrected chi connectivity index (χ0v) is 22.8. The van der Waals surface area contributed by atoms with Crippen LogP contribution in [0.1, 0.15) is 42.5 Å². The van der Waals surface area contributed by atoms with Crippen LogP contribution in [0.5, 0.6) is 0 Å². The minimum atomic E-state index is -5.08. The molecule has 8 nitrogen and oxygen atoms in total. The molecule has 2 fully saturated rings. The predicted molar refractivity (Wildman–Crippen MR) is 150 cm³/mol. The van der Waals surface area contributed by atoms with Crippen molar-refractivity contribution in [3.8, 4) is 0 Å². The molecular weight excluding hydrogens is 537 g/mol. The van der Waals surface area contributed by atoms with Gasteiger partial charge in [-0.1, -0.05) is 30.7 Å². The first-order chi connectivity index (χ1) is 19.6. The Kier molecular flexibility index (Phi) is 10.0. The van der Waals surface area contributed by atoms with Gasteiger partial charge in [-0.25, -0.2) is 4.79 Å². The molecule has 41 heavy (non-hydrogen) atoms. The molecule has 0 unspecified atom stereocenters. The standard InChI is InChI=1S/C28H34N4O2.C2HF3O2/c33-27(31-17-12-22(13-18-31)20-30-15-5-2-6-16-30)21-32(25-7-3-1-4-8-25)28(34)24-10-9-23-11-14-29-26(23)19-24;3-2(4,5)1(6)7/h1,3-4,7-11,14,19,22,29H,2,5-6,12-13,15-18,20-21H2;(H,6,7). The number of carboxylic acids is 1. The maximum absolute atomic E-state index is 13.5. The summed E-state index contributed by atoms with van der Waals surface area (Å²) in [4.78, 5) is 45.1. The van der Waals surface area contributed by atoms with E-state index < -0.39 is 12.1 Å². The number of alkyl halides is 3. The second-order valence-electron chi connectivity index (χ2n) is 10.5. The fraction of sp³-hybridized carbons (Fsp3) is 0.433. The smallest absolute Gasteiger partial charge is 0.475 e. The molecule has 0 aliphatic carbocycles. The van der Waals surface area contributed by atoms with Gasteiger partial charge in [0.2, 0.25) is 5.91 Å². The molecule has 3 heterocycles. The van der Waals surface area contributed by atoms with Gasteiger partial charge in [-0.3, -0.25) is 14.5 Å². The number of likely N-dealkylation sites (tertiary alicyclic amines) is 2. The molecule has 5 rings (SSSR count). The van der Waals surface area contributed by atoms with E-state index in [0.29, 0.717) is 11.5 Å². The summed E-state index contributed by atoms with van der Waals surface area (Å²) in [5.74, 6) is -2.22. The number of amides is 2. The van der Waals surface area contributed by atoms with Gasteiger partial charge in [0.25, 0.3) is 5.91 Å². The highest BCUT2D eigenvalue weighted by molar-refractivity contribution is 6.10. The first-order valence-electron chi connectivity index (χ1n) is 13.9. The summed E-state index contributed by atoms with van der Waals surface area (Å²) in [5.41, 5.74) is 2.24. The van der Waals surface area contributed by atoms with E-state index >= 15 is 0 Å². The second-order valence-corrected chi connectivity index (χ2v) is 10.5. The molecule has 2 saturated heterocycles. The molecule has 2 amide bonds. The number of halogens is 3. The molecule has 220 valence electrons. The number of rotatable bonds is 6. The number of aliphatic carboxylic acids is 1. The van der Waals surface area contributed by atoms with Crippen molar-refractivity contribution >= 4 is 34.4 Å². The molecule has 3 aromatic rings. The van der Waals surface area contributed by atoms with E-state index in [-0.39, 0.29) is 18.4 Å². The zero-order valence-electron chi connectivity index (χ0n) is 22.8. The number of nitrogens with one attached hydrogen (secondary N) is 1. The lowest BCUT2D eigenvalue weighted by Crippen LogP contribution is -2.47. The van der Waals surface area contributed by atoms with Gasteiger partial charge in [0.05, 0.1) is 0 Å². The number of anilines is 1. The van der Waals surface area contributed by atoms with Gasteiger partial charge in [-0.05, 0) is 80.4 Å². The van der Waals surface area contributed by atoms with Crippen LogP contribution in [0, 0.1) is 5.92 Å². The molecule has 2 aromatic carbocycles. The van der Waals surface area contributed by atoms with E-state index in [4.69, 9.17) is 9.90 Å². The average Bonchev–Trinajstić information content (AvgIpc) is 3.45. The van der Waals surface area contributed by atoms with Crippen LogP contribution in [0.2, 0.25) is 0 Å². The van der Waals surface area contributed by atoms with Crippen LogP contribution in [0.4, 0.5) is 18.9 Å². The Hall–Kier alpha value is -3.86. The van der Waals surface area contributed by atoms with Gasteiger partial charge in [0, 0.05) is 42.6 Å². The van der Waals surface area contributed by atoms with E-state index in [1.165, 1.54) is 32.4 Å². The van der Waals surface area contributed by atoms with E-state index in [1.807, 2.05) is 65.7 Å². The van der Waals surface area contributed by atoms with Gasteiger partial charge in [-0.15, -0.1) is 0 Å². The molecule has 11 heteroatoms. The molecule has 0 saturated carbocycles. The number of carbonyl (C=O) groups is 3. The minimum absolute atomic E-state index is 0.0228. The van der Waals surface area contributed by atoms with Crippen molar-refractivity contribution in [2.45, 2.75) is 38.3 Å². The molecule has 2 N–H and O–H groups in total. The third-order valence-corrected chi connectivity index (χ3v) is 7.58. The lowest BCUT2D eigenvalue weighted by molar-refractivity contribution is -0.192. The number of H-pyrrole nitrogens is 1. The van der Waals surface area contributed by atoms with Crippen molar-refractivity contribution in [1.82, 2.24) is 14.8 Å². The molecule has 2 aliphatic heterocycles. The summed E-state index contributed by atoms with van der Waals surface area (Å²) >= 11 is 0. The quantitative estimate of drug-likeness (QED) is 0.425. The number of fused-ring (bicyclic) bond motifs is 1. The van der Waals surface area contributed by atoms with Gasteiger partial charge in [-0.2, -0.15) is 13.2 Å². The Morgan fingerprint density at radius 2 is 1.59 bits per heavy atom. The van der Waals surface area contributed by atoms with Crippen LogP contribution >= 0.6 is 0 Å². The SMILES string of the molecule is O=C(CN(C(=O)c1ccc2cc[nH]c2c1)c1ccccc1)N1CCC(CN2CCCCC2)CC1.O=C(O)C(F)(F)F. The molecule has 0 bridgehead atoms. The second kappa shape index (κ2) is 13.7. The number of benzene rings is 2.